The van der Waals surface area contributed by atoms with Crippen molar-refractivity contribution in [2.45, 2.75) is 38.2 Å². The molecule has 0 spiro atoms. The molecule has 4 nitrogen and oxygen atoms in total. The normalized spacial score (nSPS) is 28.3. The van der Waals surface area contributed by atoms with Gasteiger partial charge in [0.2, 0.25) is 0 Å². The minimum atomic E-state index is 0.169. The summed E-state index contributed by atoms with van der Waals surface area (Å²) in [6.45, 7) is 6.88. The summed E-state index contributed by atoms with van der Waals surface area (Å²) >= 11 is 1.86. The number of rotatable bonds is 3. The molecule has 2 heterocycles. The summed E-state index contributed by atoms with van der Waals surface area (Å²) in [6, 6.07) is 0. The molecule has 0 amide bonds. The Morgan fingerprint density at radius 2 is 2.42 bits per heavy atom. The van der Waals surface area contributed by atoms with Gasteiger partial charge in [0, 0.05) is 30.4 Å². The van der Waals surface area contributed by atoms with E-state index in [0.29, 0.717) is 5.92 Å². The molecule has 3 rings (SSSR count). The standard InChI is InChI=1S/C14H23N3OS/c1-2-17-6-7-18-11(9-17)14-16-13-10(8-15)4-3-5-12(13)19-14/h10-11H,2-9,15H2,1H3. The van der Waals surface area contributed by atoms with Crippen molar-refractivity contribution in [3.05, 3.63) is 15.6 Å². The molecule has 2 atom stereocenters. The van der Waals surface area contributed by atoms with Gasteiger partial charge in [0.05, 0.1) is 12.3 Å². The molecule has 106 valence electrons. The Bertz CT molecular complexity index is 434. The molecule has 5 heteroatoms. The quantitative estimate of drug-likeness (QED) is 0.919. The van der Waals surface area contributed by atoms with Crippen LogP contribution in [-0.2, 0) is 11.2 Å². The van der Waals surface area contributed by atoms with Gasteiger partial charge in [0.1, 0.15) is 11.1 Å². The van der Waals surface area contributed by atoms with Gasteiger partial charge in [0.25, 0.3) is 0 Å². The lowest BCUT2D eigenvalue weighted by atomic mass is 9.91. The first-order valence-electron chi connectivity index (χ1n) is 7.35. The van der Waals surface area contributed by atoms with Gasteiger partial charge in [-0.05, 0) is 25.8 Å². The van der Waals surface area contributed by atoms with Crippen molar-refractivity contribution >= 4 is 11.3 Å². The molecule has 19 heavy (non-hydrogen) atoms. The van der Waals surface area contributed by atoms with Crippen molar-refractivity contribution in [2.75, 3.05) is 32.8 Å². The van der Waals surface area contributed by atoms with Crippen LogP contribution in [-0.4, -0.2) is 42.7 Å². The summed E-state index contributed by atoms with van der Waals surface area (Å²) in [5.74, 6) is 0.472. The third kappa shape index (κ3) is 2.70. The van der Waals surface area contributed by atoms with Crippen LogP contribution in [0.1, 0.15) is 47.4 Å². The van der Waals surface area contributed by atoms with Gasteiger partial charge in [-0.1, -0.05) is 6.92 Å². The average Bonchev–Trinajstić information content (AvgIpc) is 2.91. The van der Waals surface area contributed by atoms with Gasteiger partial charge in [-0.2, -0.15) is 0 Å². The van der Waals surface area contributed by atoms with E-state index in [2.05, 4.69) is 11.8 Å². The maximum Gasteiger partial charge on any atom is 0.123 e. The number of morpholine rings is 1. The molecule has 0 bridgehead atoms. The molecule has 0 aromatic carbocycles. The zero-order chi connectivity index (χ0) is 13.2. The van der Waals surface area contributed by atoms with Crippen molar-refractivity contribution in [1.82, 2.24) is 9.88 Å². The minimum absolute atomic E-state index is 0.169. The molecule has 1 aliphatic heterocycles. The van der Waals surface area contributed by atoms with Crippen LogP contribution >= 0.6 is 11.3 Å². The molecule has 0 radical (unpaired) electrons. The fraction of sp³-hybridized carbons (Fsp3) is 0.786. The van der Waals surface area contributed by atoms with E-state index in [1.807, 2.05) is 11.3 Å². The third-order valence-corrected chi connectivity index (χ3v) is 5.47. The van der Waals surface area contributed by atoms with Crippen LogP contribution in [0.2, 0.25) is 0 Å². The second-order valence-electron chi connectivity index (χ2n) is 5.44. The van der Waals surface area contributed by atoms with E-state index in [-0.39, 0.29) is 6.10 Å². The van der Waals surface area contributed by atoms with Crippen LogP contribution < -0.4 is 5.73 Å². The number of thiazole rings is 1. The topological polar surface area (TPSA) is 51.4 Å². The van der Waals surface area contributed by atoms with E-state index >= 15 is 0 Å². The second kappa shape index (κ2) is 5.87. The lowest BCUT2D eigenvalue weighted by Gasteiger charge is -2.30. The average molecular weight is 281 g/mol. The number of likely N-dealkylation sites (N-methyl/N-ethyl adjacent to an activating group) is 1. The maximum absolute atomic E-state index is 5.92. The number of hydrogen-bond acceptors (Lipinski definition) is 5. The Morgan fingerprint density at radius 3 is 3.21 bits per heavy atom. The lowest BCUT2D eigenvalue weighted by Crippen LogP contribution is -2.38. The van der Waals surface area contributed by atoms with Crippen LogP contribution in [0.25, 0.3) is 0 Å². The first kappa shape index (κ1) is 13.5. The van der Waals surface area contributed by atoms with E-state index in [4.69, 9.17) is 15.5 Å². The monoisotopic (exact) mass is 281 g/mol. The van der Waals surface area contributed by atoms with Gasteiger partial charge < -0.3 is 10.5 Å². The third-order valence-electron chi connectivity index (χ3n) is 4.24. The van der Waals surface area contributed by atoms with Crippen molar-refractivity contribution < 1.29 is 4.74 Å². The number of aryl methyl sites for hydroxylation is 1. The zero-order valence-corrected chi connectivity index (χ0v) is 12.4. The van der Waals surface area contributed by atoms with Gasteiger partial charge >= 0.3 is 0 Å². The predicted molar refractivity (Wildman–Crippen MR) is 77.7 cm³/mol. The van der Waals surface area contributed by atoms with E-state index in [1.54, 1.807) is 0 Å². The highest BCUT2D eigenvalue weighted by Gasteiger charge is 2.29. The number of nitrogens with zero attached hydrogens (tertiary/aromatic N) is 2. The number of nitrogens with two attached hydrogens (primary N) is 1. The van der Waals surface area contributed by atoms with Crippen molar-refractivity contribution in [2.24, 2.45) is 5.73 Å². The van der Waals surface area contributed by atoms with Crippen molar-refractivity contribution in [1.29, 1.82) is 0 Å². The van der Waals surface area contributed by atoms with E-state index in [9.17, 15) is 0 Å². The molecule has 2 unspecified atom stereocenters. The molecular weight excluding hydrogens is 258 g/mol. The Balaban J connectivity index is 1.80. The molecule has 2 aliphatic rings. The smallest absolute Gasteiger partial charge is 0.123 e. The van der Waals surface area contributed by atoms with Crippen LogP contribution in [0, 0.1) is 0 Å². The summed E-state index contributed by atoms with van der Waals surface area (Å²) in [4.78, 5) is 8.77. The van der Waals surface area contributed by atoms with Crippen LogP contribution in [0.3, 0.4) is 0 Å². The van der Waals surface area contributed by atoms with E-state index in [0.717, 1.165) is 32.8 Å². The minimum Gasteiger partial charge on any atom is -0.368 e. The molecule has 1 aromatic rings. The largest absolute Gasteiger partial charge is 0.368 e. The fourth-order valence-electron chi connectivity index (χ4n) is 3.03. The molecular formula is C14H23N3OS. The van der Waals surface area contributed by atoms with Gasteiger partial charge in [0.15, 0.2) is 0 Å². The SMILES string of the molecule is CCN1CCOC(c2nc3c(s2)CCCC3CN)C1. The summed E-state index contributed by atoms with van der Waals surface area (Å²) in [7, 11) is 0. The van der Waals surface area contributed by atoms with Gasteiger partial charge in [-0.15, -0.1) is 11.3 Å². The number of ether oxygens (including phenoxy) is 1. The summed E-state index contributed by atoms with van der Waals surface area (Å²) in [5.41, 5.74) is 7.14. The van der Waals surface area contributed by atoms with E-state index in [1.165, 1.54) is 34.8 Å². The fourth-order valence-corrected chi connectivity index (χ4v) is 4.27. The first-order chi connectivity index (χ1) is 9.31. The molecule has 0 saturated carbocycles. The number of aromatic nitrogens is 1. The van der Waals surface area contributed by atoms with Gasteiger partial charge in [-0.3, -0.25) is 4.90 Å². The molecule has 1 aliphatic carbocycles. The number of hydrogen-bond donors (Lipinski definition) is 1. The first-order valence-corrected chi connectivity index (χ1v) is 8.17. The Hall–Kier alpha value is -0.490. The Labute approximate surface area is 119 Å². The van der Waals surface area contributed by atoms with Crippen LogP contribution in [0.15, 0.2) is 0 Å². The highest BCUT2D eigenvalue weighted by molar-refractivity contribution is 7.11. The van der Waals surface area contributed by atoms with Gasteiger partial charge in [-0.25, -0.2) is 4.98 Å². The Morgan fingerprint density at radius 1 is 1.53 bits per heavy atom. The van der Waals surface area contributed by atoms with Crippen LogP contribution in [0.5, 0.6) is 0 Å². The second-order valence-corrected chi connectivity index (χ2v) is 6.55. The molecule has 1 saturated heterocycles. The number of fused-ring (bicyclic) bond motifs is 1. The van der Waals surface area contributed by atoms with Crippen molar-refractivity contribution in [3.63, 3.8) is 0 Å². The molecule has 1 aromatic heterocycles. The van der Waals surface area contributed by atoms with Crippen molar-refractivity contribution in [3.8, 4) is 0 Å². The van der Waals surface area contributed by atoms with E-state index < -0.39 is 0 Å². The highest BCUT2D eigenvalue weighted by atomic mass is 32.1. The molecule has 1 fully saturated rings. The predicted octanol–water partition coefficient (Wildman–Crippen LogP) is 1.91. The zero-order valence-electron chi connectivity index (χ0n) is 11.6. The summed E-state index contributed by atoms with van der Waals surface area (Å²) in [5, 5.41) is 1.17. The summed E-state index contributed by atoms with van der Waals surface area (Å²) < 4.78 is 5.92. The lowest BCUT2D eigenvalue weighted by molar-refractivity contribution is -0.0283. The summed E-state index contributed by atoms with van der Waals surface area (Å²) in [6.07, 6.45) is 3.79. The molecule has 2 N–H and O–H groups in total. The Kier molecular flexibility index (Phi) is 4.17. The maximum atomic E-state index is 5.92. The highest BCUT2D eigenvalue weighted by Crippen LogP contribution is 2.37. The van der Waals surface area contributed by atoms with Crippen LogP contribution in [0.4, 0.5) is 0 Å².